The van der Waals surface area contributed by atoms with Crippen LogP contribution in [0.2, 0.25) is 0 Å². The lowest BCUT2D eigenvalue weighted by Crippen LogP contribution is -2.12. The number of carboxylic acids is 1. The molecule has 1 amide bonds. The maximum absolute atomic E-state index is 13.1. The summed E-state index contributed by atoms with van der Waals surface area (Å²) in [5.74, 6) is -2.73. The number of rotatable bonds is 3. The molecule has 0 aromatic heterocycles. The number of amides is 1. The topological polar surface area (TPSA) is 86.6 Å². The Morgan fingerprint density at radius 3 is 2.43 bits per heavy atom. The zero-order chi connectivity index (χ0) is 15.6. The molecule has 0 atom stereocenters. The Morgan fingerprint density at radius 1 is 1.14 bits per heavy atom. The number of benzene rings is 2. The summed E-state index contributed by atoms with van der Waals surface area (Å²) in [6, 6.07) is 7.41. The molecular formula is C14H9BrFNO4. The van der Waals surface area contributed by atoms with Gasteiger partial charge < -0.3 is 15.5 Å². The van der Waals surface area contributed by atoms with Crippen LogP contribution in [0.25, 0.3) is 0 Å². The van der Waals surface area contributed by atoms with E-state index in [0.717, 1.165) is 12.1 Å². The molecular weight excluding hydrogens is 345 g/mol. The lowest BCUT2D eigenvalue weighted by atomic mass is 10.1. The number of phenols is 1. The summed E-state index contributed by atoms with van der Waals surface area (Å²) in [5, 5.41) is 20.8. The van der Waals surface area contributed by atoms with Gasteiger partial charge in [0.15, 0.2) is 0 Å². The smallest absolute Gasteiger partial charge is 0.339 e. The molecule has 0 aliphatic rings. The fourth-order valence-electron chi connectivity index (χ4n) is 1.63. The third-order valence-corrected chi connectivity index (χ3v) is 3.28. The van der Waals surface area contributed by atoms with Crippen LogP contribution in [0.4, 0.5) is 10.1 Å². The van der Waals surface area contributed by atoms with Crippen LogP contribution in [0.5, 0.6) is 5.75 Å². The maximum atomic E-state index is 13.1. The maximum Gasteiger partial charge on any atom is 0.339 e. The van der Waals surface area contributed by atoms with Gasteiger partial charge in [-0.05, 0) is 46.3 Å². The van der Waals surface area contributed by atoms with Gasteiger partial charge in [0.2, 0.25) is 0 Å². The van der Waals surface area contributed by atoms with E-state index in [1.807, 2.05) is 0 Å². The van der Waals surface area contributed by atoms with E-state index in [1.54, 1.807) is 0 Å². The van der Waals surface area contributed by atoms with E-state index in [9.17, 15) is 19.1 Å². The normalized spacial score (nSPS) is 10.2. The van der Waals surface area contributed by atoms with Gasteiger partial charge in [0.05, 0.1) is 4.47 Å². The summed E-state index contributed by atoms with van der Waals surface area (Å²) in [6.45, 7) is 0. The monoisotopic (exact) mass is 353 g/mol. The average Bonchev–Trinajstić information content (AvgIpc) is 2.41. The van der Waals surface area contributed by atoms with Crippen LogP contribution in [0, 0.1) is 5.82 Å². The Hall–Kier alpha value is -2.41. The van der Waals surface area contributed by atoms with Crippen LogP contribution < -0.4 is 5.32 Å². The van der Waals surface area contributed by atoms with E-state index in [4.69, 9.17) is 5.11 Å². The van der Waals surface area contributed by atoms with Crippen LogP contribution in [0.3, 0.4) is 0 Å². The molecule has 2 aromatic carbocycles. The van der Waals surface area contributed by atoms with E-state index in [0.29, 0.717) is 0 Å². The average molecular weight is 354 g/mol. The first-order valence-electron chi connectivity index (χ1n) is 5.71. The van der Waals surface area contributed by atoms with Gasteiger partial charge in [-0.15, -0.1) is 0 Å². The van der Waals surface area contributed by atoms with Crippen molar-refractivity contribution in [1.29, 1.82) is 0 Å². The van der Waals surface area contributed by atoms with Crippen LogP contribution in [0.15, 0.2) is 40.9 Å². The molecule has 2 aromatic rings. The van der Waals surface area contributed by atoms with Crippen LogP contribution in [-0.4, -0.2) is 22.1 Å². The van der Waals surface area contributed by atoms with E-state index in [-0.39, 0.29) is 21.3 Å². The number of carboxylic acid groups (broad SMARTS) is 1. The SMILES string of the molecule is O=C(Nc1ccc(C(=O)O)c(O)c1)c1ccc(F)c(Br)c1. The van der Waals surface area contributed by atoms with Gasteiger partial charge in [-0.2, -0.15) is 0 Å². The van der Waals surface area contributed by atoms with E-state index in [1.165, 1.54) is 24.3 Å². The van der Waals surface area contributed by atoms with Crippen LogP contribution >= 0.6 is 15.9 Å². The van der Waals surface area contributed by atoms with Crippen molar-refractivity contribution < 1.29 is 24.2 Å². The number of hydrogen-bond donors (Lipinski definition) is 3. The van der Waals surface area contributed by atoms with E-state index >= 15 is 0 Å². The molecule has 0 aliphatic carbocycles. The number of aromatic carboxylic acids is 1. The Balaban J connectivity index is 2.21. The number of halogens is 2. The highest BCUT2D eigenvalue weighted by molar-refractivity contribution is 9.10. The summed E-state index contributed by atoms with van der Waals surface area (Å²) in [7, 11) is 0. The molecule has 7 heteroatoms. The zero-order valence-corrected chi connectivity index (χ0v) is 12.0. The Kier molecular flexibility index (Phi) is 4.23. The number of carbonyl (C=O) groups excluding carboxylic acids is 1. The van der Waals surface area contributed by atoms with Gasteiger partial charge in [-0.25, -0.2) is 9.18 Å². The number of carbonyl (C=O) groups is 2. The fraction of sp³-hybridized carbons (Fsp3) is 0. The molecule has 0 bridgehead atoms. The quantitative estimate of drug-likeness (QED) is 0.790. The number of hydrogen-bond acceptors (Lipinski definition) is 3. The highest BCUT2D eigenvalue weighted by Gasteiger charge is 2.12. The first-order chi connectivity index (χ1) is 9.88. The lowest BCUT2D eigenvalue weighted by Gasteiger charge is -2.07. The predicted molar refractivity (Wildman–Crippen MR) is 77.1 cm³/mol. The standard InChI is InChI=1S/C14H9BrFNO4/c15-10-5-7(1-4-11(10)16)13(19)17-8-2-3-9(14(20)21)12(18)6-8/h1-6,18H,(H,17,19)(H,20,21). The molecule has 21 heavy (non-hydrogen) atoms. The second-order valence-corrected chi connectivity index (χ2v) is 4.97. The largest absolute Gasteiger partial charge is 0.507 e. The first kappa shape index (κ1) is 15.0. The molecule has 108 valence electrons. The molecule has 0 aliphatic heterocycles. The summed E-state index contributed by atoms with van der Waals surface area (Å²) in [6.07, 6.45) is 0. The molecule has 0 saturated carbocycles. The number of nitrogens with one attached hydrogen (secondary N) is 1. The van der Waals surface area contributed by atoms with Gasteiger partial charge in [0, 0.05) is 17.3 Å². The second kappa shape index (κ2) is 5.92. The Morgan fingerprint density at radius 2 is 1.86 bits per heavy atom. The minimum atomic E-state index is -1.27. The Labute approximate surface area is 127 Å². The molecule has 0 radical (unpaired) electrons. The highest BCUT2D eigenvalue weighted by Crippen LogP contribution is 2.23. The summed E-state index contributed by atoms with van der Waals surface area (Å²) >= 11 is 2.98. The molecule has 0 fully saturated rings. The third-order valence-electron chi connectivity index (χ3n) is 2.67. The van der Waals surface area contributed by atoms with E-state index in [2.05, 4.69) is 21.2 Å². The summed E-state index contributed by atoms with van der Waals surface area (Å²) in [4.78, 5) is 22.7. The highest BCUT2D eigenvalue weighted by atomic mass is 79.9. The zero-order valence-electron chi connectivity index (χ0n) is 10.4. The van der Waals surface area contributed by atoms with Crippen LogP contribution in [0.1, 0.15) is 20.7 Å². The Bertz CT molecular complexity index is 733. The van der Waals surface area contributed by atoms with Gasteiger partial charge in [-0.3, -0.25) is 4.79 Å². The van der Waals surface area contributed by atoms with Crippen molar-refractivity contribution in [2.24, 2.45) is 0 Å². The summed E-state index contributed by atoms with van der Waals surface area (Å²) in [5.41, 5.74) is 0.172. The van der Waals surface area contributed by atoms with Crippen molar-refractivity contribution >= 4 is 33.5 Å². The molecule has 0 heterocycles. The molecule has 0 saturated heterocycles. The van der Waals surface area contributed by atoms with Gasteiger partial charge in [-0.1, -0.05) is 0 Å². The van der Waals surface area contributed by atoms with Crippen molar-refractivity contribution in [3.63, 3.8) is 0 Å². The van der Waals surface area contributed by atoms with Crippen molar-refractivity contribution in [3.8, 4) is 5.75 Å². The van der Waals surface area contributed by atoms with Crippen molar-refractivity contribution in [1.82, 2.24) is 0 Å². The van der Waals surface area contributed by atoms with E-state index < -0.39 is 23.4 Å². The van der Waals surface area contributed by atoms with Crippen molar-refractivity contribution in [2.45, 2.75) is 0 Å². The molecule has 0 unspecified atom stereocenters. The molecule has 2 rings (SSSR count). The number of aromatic hydroxyl groups is 1. The third kappa shape index (κ3) is 3.38. The molecule has 3 N–H and O–H groups in total. The lowest BCUT2D eigenvalue weighted by molar-refractivity contribution is 0.0693. The minimum Gasteiger partial charge on any atom is -0.507 e. The molecule has 5 nitrogen and oxygen atoms in total. The van der Waals surface area contributed by atoms with Gasteiger partial charge in [0.1, 0.15) is 17.1 Å². The molecule has 0 spiro atoms. The van der Waals surface area contributed by atoms with Crippen molar-refractivity contribution in [2.75, 3.05) is 5.32 Å². The van der Waals surface area contributed by atoms with Crippen molar-refractivity contribution in [3.05, 3.63) is 57.8 Å². The van der Waals surface area contributed by atoms with Crippen LogP contribution in [-0.2, 0) is 0 Å². The first-order valence-corrected chi connectivity index (χ1v) is 6.50. The number of anilines is 1. The fourth-order valence-corrected chi connectivity index (χ4v) is 2.01. The summed E-state index contributed by atoms with van der Waals surface area (Å²) < 4.78 is 13.2. The second-order valence-electron chi connectivity index (χ2n) is 4.12. The van der Waals surface area contributed by atoms with Gasteiger partial charge >= 0.3 is 5.97 Å². The van der Waals surface area contributed by atoms with Gasteiger partial charge in [0.25, 0.3) is 5.91 Å². The minimum absolute atomic E-state index is 0.152. The predicted octanol–water partition coefficient (Wildman–Crippen LogP) is 3.24.